The summed E-state index contributed by atoms with van der Waals surface area (Å²) in [6.07, 6.45) is -4.85. The molecule has 0 spiro atoms. The highest BCUT2D eigenvalue weighted by molar-refractivity contribution is 6.53. The number of fused-ring (bicyclic) bond motifs is 3. The van der Waals surface area contributed by atoms with Crippen molar-refractivity contribution in [1.29, 1.82) is 0 Å². The number of carbonyl (C=O) groups is 2. The summed E-state index contributed by atoms with van der Waals surface area (Å²) in [6, 6.07) is 9.87. The number of hydrogen-bond donors (Lipinski definition) is 0. The summed E-state index contributed by atoms with van der Waals surface area (Å²) in [5, 5.41) is 0. The van der Waals surface area contributed by atoms with Crippen molar-refractivity contribution >= 4 is 11.6 Å². The Balaban J connectivity index is 2.16. The van der Waals surface area contributed by atoms with Gasteiger partial charge in [0, 0.05) is 11.1 Å². The number of benzene rings is 2. The number of hydrogen-bond acceptors (Lipinski definition) is 3. The molecule has 0 radical (unpaired) electrons. The molecule has 3 nitrogen and oxygen atoms in total. The summed E-state index contributed by atoms with van der Waals surface area (Å²) in [5.74, 6) is -2.10. The van der Waals surface area contributed by atoms with Crippen LogP contribution in [-0.4, -0.2) is 17.9 Å². The van der Waals surface area contributed by atoms with E-state index in [-0.39, 0.29) is 11.1 Å². The monoisotopic (exact) mass is 292 g/mol. The molecule has 0 unspecified atom stereocenters. The third-order valence-electron chi connectivity index (χ3n) is 3.14. The lowest BCUT2D eigenvalue weighted by Gasteiger charge is -2.18. The molecule has 0 atom stereocenters. The van der Waals surface area contributed by atoms with E-state index in [2.05, 4.69) is 4.74 Å². The van der Waals surface area contributed by atoms with E-state index >= 15 is 0 Å². The summed E-state index contributed by atoms with van der Waals surface area (Å²) in [4.78, 5) is 24.0. The smallest absolute Gasteiger partial charge is 0.406 e. The van der Waals surface area contributed by atoms with Gasteiger partial charge in [0.1, 0.15) is 5.75 Å². The van der Waals surface area contributed by atoms with Crippen LogP contribution in [0, 0.1) is 0 Å². The maximum atomic E-state index is 12.2. The highest BCUT2D eigenvalue weighted by atomic mass is 19.4. The van der Waals surface area contributed by atoms with Crippen molar-refractivity contribution in [3.8, 4) is 16.9 Å². The van der Waals surface area contributed by atoms with Crippen molar-refractivity contribution in [1.82, 2.24) is 0 Å². The molecule has 0 heterocycles. The van der Waals surface area contributed by atoms with Crippen LogP contribution in [0.4, 0.5) is 13.2 Å². The Morgan fingerprint density at radius 1 is 0.762 bits per heavy atom. The van der Waals surface area contributed by atoms with Crippen LogP contribution < -0.4 is 4.74 Å². The minimum atomic E-state index is -4.85. The summed E-state index contributed by atoms with van der Waals surface area (Å²) in [5.41, 5.74) is 1.11. The van der Waals surface area contributed by atoms with Gasteiger partial charge in [-0.05, 0) is 29.3 Å². The van der Waals surface area contributed by atoms with Crippen LogP contribution in [0.2, 0.25) is 0 Å². The molecule has 2 aromatic rings. The molecule has 2 aromatic carbocycles. The van der Waals surface area contributed by atoms with Crippen molar-refractivity contribution in [2.24, 2.45) is 0 Å². The summed E-state index contributed by atoms with van der Waals surface area (Å²) < 4.78 is 40.4. The second kappa shape index (κ2) is 4.44. The number of rotatable bonds is 1. The van der Waals surface area contributed by atoms with E-state index in [1.165, 1.54) is 12.1 Å². The highest BCUT2D eigenvalue weighted by Crippen LogP contribution is 2.36. The summed E-state index contributed by atoms with van der Waals surface area (Å²) in [7, 11) is 0. The first-order chi connectivity index (χ1) is 9.87. The number of carbonyl (C=O) groups excluding carboxylic acids is 2. The lowest BCUT2D eigenvalue weighted by molar-refractivity contribution is -0.274. The number of ketones is 2. The second-order valence-corrected chi connectivity index (χ2v) is 4.46. The molecule has 1 aliphatic carbocycles. The van der Waals surface area contributed by atoms with Crippen LogP contribution in [0.5, 0.6) is 5.75 Å². The van der Waals surface area contributed by atoms with E-state index < -0.39 is 23.7 Å². The molecule has 0 bridgehead atoms. The van der Waals surface area contributed by atoms with Crippen molar-refractivity contribution in [3.05, 3.63) is 53.6 Å². The van der Waals surface area contributed by atoms with E-state index in [1.807, 2.05) is 0 Å². The first kappa shape index (κ1) is 13.4. The fourth-order valence-electron chi connectivity index (χ4n) is 2.30. The molecule has 0 N–H and O–H groups in total. The Bertz CT molecular complexity index is 763. The average Bonchev–Trinajstić information content (AvgIpc) is 2.43. The number of ether oxygens (including phenoxy) is 1. The minimum absolute atomic E-state index is 0.0829. The van der Waals surface area contributed by atoms with E-state index in [9.17, 15) is 22.8 Å². The molecular formula is C15H7F3O3. The Morgan fingerprint density at radius 2 is 1.33 bits per heavy atom. The lowest BCUT2D eigenvalue weighted by Crippen LogP contribution is -2.22. The molecule has 1 aliphatic rings. The Kier molecular flexibility index (Phi) is 2.83. The topological polar surface area (TPSA) is 43.4 Å². The van der Waals surface area contributed by atoms with Crippen molar-refractivity contribution < 1.29 is 27.5 Å². The van der Waals surface area contributed by atoms with Gasteiger partial charge in [0.05, 0.1) is 0 Å². The molecule has 0 aromatic heterocycles. The summed E-state index contributed by atoms with van der Waals surface area (Å²) >= 11 is 0. The standard InChI is InChI=1S/C15H7F3O3/c16-15(17,18)21-8-5-6-10-9-3-1-2-4-11(9)13(19)14(20)12(10)7-8/h1-7H. The average molecular weight is 292 g/mol. The molecule has 106 valence electrons. The van der Waals surface area contributed by atoms with Crippen LogP contribution >= 0.6 is 0 Å². The molecule has 3 rings (SSSR count). The van der Waals surface area contributed by atoms with Gasteiger partial charge < -0.3 is 4.74 Å². The lowest BCUT2D eigenvalue weighted by atomic mass is 9.84. The van der Waals surface area contributed by atoms with Crippen molar-refractivity contribution in [3.63, 3.8) is 0 Å². The van der Waals surface area contributed by atoms with Gasteiger partial charge in [0.2, 0.25) is 11.6 Å². The van der Waals surface area contributed by atoms with Gasteiger partial charge in [-0.15, -0.1) is 13.2 Å². The first-order valence-electron chi connectivity index (χ1n) is 5.95. The first-order valence-corrected chi connectivity index (χ1v) is 5.95. The minimum Gasteiger partial charge on any atom is -0.406 e. The molecule has 0 amide bonds. The largest absolute Gasteiger partial charge is 0.573 e. The zero-order valence-corrected chi connectivity index (χ0v) is 10.4. The van der Waals surface area contributed by atoms with E-state index in [1.54, 1.807) is 18.2 Å². The zero-order chi connectivity index (χ0) is 15.2. The van der Waals surface area contributed by atoms with Gasteiger partial charge in [-0.2, -0.15) is 0 Å². The highest BCUT2D eigenvalue weighted by Gasteiger charge is 2.34. The maximum Gasteiger partial charge on any atom is 0.573 e. The van der Waals surface area contributed by atoms with Crippen LogP contribution in [0.25, 0.3) is 11.1 Å². The predicted molar refractivity (Wildman–Crippen MR) is 67.2 cm³/mol. The number of alkyl halides is 3. The predicted octanol–water partition coefficient (Wildman–Crippen LogP) is 3.63. The van der Waals surface area contributed by atoms with Crippen molar-refractivity contribution in [2.75, 3.05) is 0 Å². The van der Waals surface area contributed by atoms with Crippen molar-refractivity contribution in [2.45, 2.75) is 6.36 Å². The zero-order valence-electron chi connectivity index (χ0n) is 10.4. The van der Waals surface area contributed by atoms with E-state index in [4.69, 9.17) is 0 Å². The third kappa shape index (κ3) is 2.29. The Labute approximate surface area is 117 Å². The van der Waals surface area contributed by atoms with Gasteiger partial charge in [-0.3, -0.25) is 9.59 Å². The fraction of sp³-hybridized carbons (Fsp3) is 0.0667. The fourth-order valence-corrected chi connectivity index (χ4v) is 2.30. The van der Waals surface area contributed by atoms with Crippen LogP contribution in [0.1, 0.15) is 20.7 Å². The quantitative estimate of drug-likeness (QED) is 0.754. The number of Topliss-reactive ketones (excluding diaryl/α,β-unsaturated/α-hetero) is 2. The molecule has 0 aliphatic heterocycles. The van der Waals surface area contributed by atoms with Crippen LogP contribution in [0.15, 0.2) is 42.5 Å². The molecule has 0 saturated carbocycles. The molecule has 0 saturated heterocycles. The van der Waals surface area contributed by atoms with Gasteiger partial charge in [-0.1, -0.05) is 24.3 Å². The number of halogens is 3. The van der Waals surface area contributed by atoms with Gasteiger partial charge in [-0.25, -0.2) is 0 Å². The Morgan fingerprint density at radius 3 is 2.00 bits per heavy atom. The molecular weight excluding hydrogens is 285 g/mol. The molecule has 0 fully saturated rings. The Hall–Kier alpha value is -2.63. The molecule has 21 heavy (non-hydrogen) atoms. The summed E-state index contributed by atoms with van der Waals surface area (Å²) in [6.45, 7) is 0. The van der Waals surface area contributed by atoms with Gasteiger partial charge >= 0.3 is 6.36 Å². The second-order valence-electron chi connectivity index (χ2n) is 4.46. The SMILES string of the molecule is O=C1C(=O)c2cc(OC(F)(F)F)ccc2-c2ccccc21. The normalized spacial score (nSPS) is 13.7. The van der Waals surface area contributed by atoms with Gasteiger partial charge in [0.15, 0.2) is 0 Å². The molecule has 6 heteroatoms. The third-order valence-corrected chi connectivity index (χ3v) is 3.14. The van der Waals surface area contributed by atoms with Gasteiger partial charge in [0.25, 0.3) is 0 Å². The van der Waals surface area contributed by atoms with Crippen LogP contribution in [-0.2, 0) is 0 Å². The van der Waals surface area contributed by atoms with E-state index in [0.29, 0.717) is 11.1 Å². The maximum absolute atomic E-state index is 12.2. The van der Waals surface area contributed by atoms with E-state index in [0.717, 1.165) is 12.1 Å². The van der Waals surface area contributed by atoms with Crippen LogP contribution in [0.3, 0.4) is 0 Å².